The topological polar surface area (TPSA) is 86.8 Å². The average Bonchev–Trinajstić information content (AvgIpc) is 2.81. The van der Waals surface area contributed by atoms with Crippen molar-refractivity contribution in [1.29, 1.82) is 0 Å². The van der Waals surface area contributed by atoms with E-state index in [0.717, 1.165) is 29.5 Å². The molecule has 37 heavy (non-hydrogen) atoms. The van der Waals surface area contributed by atoms with Crippen molar-refractivity contribution in [1.82, 2.24) is 10.2 Å². The van der Waals surface area contributed by atoms with Crippen molar-refractivity contribution < 1.29 is 31.2 Å². The second kappa shape index (κ2) is 12.6. The summed E-state index contributed by atoms with van der Waals surface area (Å²) < 4.78 is 65.9. The molecule has 2 aromatic rings. The van der Waals surface area contributed by atoms with Crippen molar-refractivity contribution in [3.05, 3.63) is 64.2 Å². The molecular formula is C25H31ClF3N3O4S. The molecule has 2 rings (SSSR count). The van der Waals surface area contributed by atoms with Crippen LogP contribution in [-0.2, 0) is 32.3 Å². The number of alkyl halides is 3. The molecule has 0 radical (unpaired) electrons. The number of hydrogen-bond acceptors (Lipinski definition) is 4. The summed E-state index contributed by atoms with van der Waals surface area (Å²) in [7, 11) is -4.25. The van der Waals surface area contributed by atoms with Gasteiger partial charge in [0.25, 0.3) is 0 Å². The Morgan fingerprint density at radius 3 is 2.30 bits per heavy atom. The Balaban J connectivity index is 2.54. The lowest BCUT2D eigenvalue weighted by Crippen LogP contribution is -2.52. The lowest BCUT2D eigenvalue weighted by atomic mass is 10.1. The lowest BCUT2D eigenvalue weighted by molar-refractivity contribution is -0.140. The number of aryl methyl sites for hydroxylation is 1. The Morgan fingerprint density at radius 1 is 1.11 bits per heavy atom. The van der Waals surface area contributed by atoms with Crippen LogP contribution in [0.5, 0.6) is 0 Å². The van der Waals surface area contributed by atoms with Gasteiger partial charge in [0, 0.05) is 13.1 Å². The van der Waals surface area contributed by atoms with E-state index in [1.807, 2.05) is 26.0 Å². The van der Waals surface area contributed by atoms with Crippen molar-refractivity contribution in [2.45, 2.75) is 52.4 Å². The highest BCUT2D eigenvalue weighted by Crippen LogP contribution is 2.36. The molecule has 0 unspecified atom stereocenters. The number of anilines is 1. The van der Waals surface area contributed by atoms with E-state index in [9.17, 15) is 31.2 Å². The van der Waals surface area contributed by atoms with E-state index < -0.39 is 51.9 Å². The van der Waals surface area contributed by atoms with Crippen molar-refractivity contribution in [2.24, 2.45) is 0 Å². The van der Waals surface area contributed by atoms with E-state index in [0.29, 0.717) is 23.3 Å². The van der Waals surface area contributed by atoms with Crippen LogP contribution >= 0.6 is 11.6 Å². The maximum atomic E-state index is 13.6. The Morgan fingerprint density at radius 2 is 1.76 bits per heavy atom. The first-order valence-corrected chi connectivity index (χ1v) is 13.9. The second-order valence-electron chi connectivity index (χ2n) is 8.60. The van der Waals surface area contributed by atoms with Gasteiger partial charge in [-0.25, -0.2) is 8.42 Å². The minimum Gasteiger partial charge on any atom is -0.354 e. The molecule has 0 aliphatic heterocycles. The van der Waals surface area contributed by atoms with Crippen LogP contribution in [0.3, 0.4) is 0 Å². The van der Waals surface area contributed by atoms with Gasteiger partial charge >= 0.3 is 6.18 Å². The van der Waals surface area contributed by atoms with Gasteiger partial charge in [0.05, 0.1) is 22.5 Å². The number of carbonyl (C=O) groups is 2. The molecule has 0 fully saturated rings. The minimum atomic E-state index is -4.76. The van der Waals surface area contributed by atoms with Crippen molar-refractivity contribution >= 4 is 39.1 Å². The van der Waals surface area contributed by atoms with Crippen LogP contribution in [0.15, 0.2) is 42.5 Å². The number of hydrogen-bond donors (Lipinski definition) is 1. The van der Waals surface area contributed by atoms with Crippen molar-refractivity contribution in [3.8, 4) is 0 Å². The standard InChI is InChI=1S/C25H31ClF3N3O4S/c1-5-13-30-24(34)21(6-2)31(15-18-10-8-7-9-17(18)3)23(33)16-32(37(4,35)36)22-14-19(25(27,28)29)11-12-20(22)26/h7-12,14,21H,5-6,13,15-16H2,1-4H3,(H,30,34)/t21-/m1/s1. The normalized spacial score (nSPS) is 12.6. The fourth-order valence-corrected chi connectivity index (χ4v) is 4.85. The zero-order valence-corrected chi connectivity index (χ0v) is 22.7. The second-order valence-corrected chi connectivity index (χ2v) is 10.9. The number of nitrogens with zero attached hydrogens (tertiary/aromatic N) is 2. The van der Waals surface area contributed by atoms with Gasteiger partial charge in [0.1, 0.15) is 12.6 Å². The third kappa shape index (κ3) is 8.10. The van der Waals surface area contributed by atoms with E-state index in [1.54, 1.807) is 19.1 Å². The highest BCUT2D eigenvalue weighted by molar-refractivity contribution is 7.92. The van der Waals surface area contributed by atoms with Gasteiger partial charge in [0.2, 0.25) is 21.8 Å². The van der Waals surface area contributed by atoms with Crippen molar-refractivity contribution in [2.75, 3.05) is 23.7 Å². The number of halogens is 4. The number of sulfonamides is 1. The zero-order chi connectivity index (χ0) is 28.0. The first-order chi connectivity index (χ1) is 17.2. The average molecular weight is 562 g/mol. The van der Waals surface area contributed by atoms with E-state index in [1.165, 1.54) is 4.90 Å². The van der Waals surface area contributed by atoms with Gasteiger partial charge in [-0.15, -0.1) is 0 Å². The highest BCUT2D eigenvalue weighted by Gasteiger charge is 2.35. The quantitative estimate of drug-likeness (QED) is 0.428. The molecule has 0 aliphatic carbocycles. The van der Waals surface area contributed by atoms with Crippen LogP contribution in [-0.4, -0.2) is 50.5 Å². The minimum absolute atomic E-state index is 0.00250. The predicted octanol–water partition coefficient (Wildman–Crippen LogP) is 4.77. The molecule has 2 aromatic carbocycles. The molecule has 0 aliphatic rings. The van der Waals surface area contributed by atoms with Crippen LogP contribution in [0.2, 0.25) is 5.02 Å². The SMILES string of the molecule is CCCNC(=O)[C@@H](CC)N(Cc1ccccc1C)C(=O)CN(c1cc(C(F)(F)F)ccc1Cl)S(C)(=O)=O. The summed E-state index contributed by atoms with van der Waals surface area (Å²) in [6.07, 6.45) is -3.08. The molecule has 0 spiro atoms. The number of benzene rings is 2. The third-order valence-electron chi connectivity index (χ3n) is 5.76. The first-order valence-electron chi connectivity index (χ1n) is 11.7. The van der Waals surface area contributed by atoms with Gasteiger partial charge in [-0.05, 0) is 49.1 Å². The van der Waals surface area contributed by atoms with Gasteiger partial charge in [0.15, 0.2) is 0 Å². The Hall–Kier alpha value is -2.79. The maximum absolute atomic E-state index is 13.6. The van der Waals surface area contributed by atoms with Crippen LogP contribution in [0.25, 0.3) is 0 Å². The van der Waals surface area contributed by atoms with Crippen LogP contribution in [0, 0.1) is 6.92 Å². The molecule has 1 N–H and O–H groups in total. The van der Waals surface area contributed by atoms with Gasteiger partial charge in [-0.2, -0.15) is 13.2 Å². The maximum Gasteiger partial charge on any atom is 0.416 e. The molecule has 0 saturated carbocycles. The fraction of sp³-hybridized carbons (Fsp3) is 0.440. The van der Waals surface area contributed by atoms with Gasteiger partial charge < -0.3 is 10.2 Å². The lowest BCUT2D eigenvalue weighted by Gasteiger charge is -2.33. The Labute approximate surface area is 220 Å². The fourth-order valence-electron chi connectivity index (χ4n) is 3.73. The van der Waals surface area contributed by atoms with E-state index >= 15 is 0 Å². The van der Waals surface area contributed by atoms with Crippen LogP contribution in [0.4, 0.5) is 18.9 Å². The molecule has 0 bridgehead atoms. The molecule has 1 atom stereocenters. The Bertz CT molecular complexity index is 1220. The highest BCUT2D eigenvalue weighted by atomic mass is 35.5. The number of amides is 2. The summed E-state index contributed by atoms with van der Waals surface area (Å²) in [5.41, 5.74) is -0.00702. The van der Waals surface area contributed by atoms with E-state index in [4.69, 9.17) is 11.6 Å². The van der Waals surface area contributed by atoms with Crippen LogP contribution in [0.1, 0.15) is 43.4 Å². The summed E-state index contributed by atoms with van der Waals surface area (Å²) in [5, 5.41) is 2.48. The molecule has 0 aromatic heterocycles. The number of carbonyl (C=O) groups excluding carboxylic acids is 2. The molecular weight excluding hydrogens is 531 g/mol. The largest absolute Gasteiger partial charge is 0.416 e. The molecule has 7 nitrogen and oxygen atoms in total. The monoisotopic (exact) mass is 561 g/mol. The summed E-state index contributed by atoms with van der Waals surface area (Å²) >= 11 is 6.10. The third-order valence-corrected chi connectivity index (χ3v) is 7.20. The van der Waals surface area contributed by atoms with Gasteiger partial charge in [-0.3, -0.25) is 13.9 Å². The summed E-state index contributed by atoms with van der Waals surface area (Å²) in [6.45, 7) is 4.96. The van der Waals surface area contributed by atoms with Gasteiger partial charge in [-0.1, -0.05) is 49.7 Å². The summed E-state index contributed by atoms with van der Waals surface area (Å²) in [5.74, 6) is -1.17. The van der Waals surface area contributed by atoms with E-state index in [-0.39, 0.29) is 18.0 Å². The van der Waals surface area contributed by atoms with E-state index in [2.05, 4.69) is 5.32 Å². The number of rotatable bonds is 11. The van der Waals surface area contributed by atoms with Crippen LogP contribution < -0.4 is 9.62 Å². The van der Waals surface area contributed by atoms with Crippen molar-refractivity contribution in [3.63, 3.8) is 0 Å². The smallest absolute Gasteiger partial charge is 0.354 e. The summed E-state index contributed by atoms with van der Waals surface area (Å²) in [4.78, 5) is 27.8. The zero-order valence-electron chi connectivity index (χ0n) is 21.1. The molecule has 2 amide bonds. The first kappa shape index (κ1) is 30.4. The molecule has 12 heteroatoms. The molecule has 0 saturated heterocycles. The molecule has 204 valence electrons. The molecule has 0 heterocycles. The Kier molecular flexibility index (Phi) is 10.4. The predicted molar refractivity (Wildman–Crippen MR) is 138 cm³/mol. The number of nitrogens with one attached hydrogen (secondary N) is 1. The summed E-state index contributed by atoms with van der Waals surface area (Å²) in [6, 6.07) is 8.52.